The summed E-state index contributed by atoms with van der Waals surface area (Å²) >= 11 is 9.59. The fourth-order valence-corrected chi connectivity index (χ4v) is 4.32. The number of nitrogens with zero attached hydrogens (tertiary/aromatic N) is 5. The molecule has 2 aliphatic heterocycles. The quantitative estimate of drug-likeness (QED) is 0.732. The molecule has 8 heteroatoms. The Bertz CT molecular complexity index is 733. The van der Waals surface area contributed by atoms with E-state index in [-0.39, 0.29) is 11.4 Å². The van der Waals surface area contributed by atoms with E-state index in [0.29, 0.717) is 0 Å². The van der Waals surface area contributed by atoms with Crippen LogP contribution in [-0.2, 0) is 4.74 Å². The van der Waals surface area contributed by atoms with Crippen LogP contribution >= 0.6 is 27.5 Å². The van der Waals surface area contributed by atoms with Gasteiger partial charge in [0.1, 0.15) is 5.52 Å². The van der Waals surface area contributed by atoms with Gasteiger partial charge in [-0.2, -0.15) is 4.98 Å². The summed E-state index contributed by atoms with van der Waals surface area (Å²) in [6.45, 7) is 6.09. The summed E-state index contributed by atoms with van der Waals surface area (Å²) in [5, 5.41) is 4.49. The molecule has 0 spiro atoms. The van der Waals surface area contributed by atoms with Crippen LogP contribution in [0.2, 0.25) is 5.28 Å². The molecule has 0 aliphatic carbocycles. The summed E-state index contributed by atoms with van der Waals surface area (Å²) in [4.78, 5) is 9.23. The van der Waals surface area contributed by atoms with Crippen LogP contribution in [0.25, 0.3) is 5.52 Å². The fraction of sp³-hybridized carbons (Fsp3) is 0.647. The van der Waals surface area contributed by atoms with Crippen LogP contribution in [0.5, 0.6) is 0 Å². The van der Waals surface area contributed by atoms with Crippen LogP contribution in [0.3, 0.4) is 0 Å². The summed E-state index contributed by atoms with van der Waals surface area (Å²) in [5.41, 5.74) is 0.963. The predicted octanol–water partition coefficient (Wildman–Crippen LogP) is 3.23. The molecular weight excluding hydrogens is 406 g/mol. The maximum absolute atomic E-state index is 6.13. The normalized spacial score (nSPS) is 22.2. The highest BCUT2D eigenvalue weighted by molar-refractivity contribution is 9.10. The van der Waals surface area contributed by atoms with Crippen LogP contribution in [0.15, 0.2) is 16.7 Å². The summed E-state index contributed by atoms with van der Waals surface area (Å²) in [7, 11) is 0. The standard InChI is InChI=1S/C17H23BrClN5O/c18-13-10-15-16(20-17(19)21-24(15)11-13)23-7-4-14(12-23)25-9-8-22-5-2-1-3-6-22/h10-11,14H,1-9,12H2. The van der Waals surface area contributed by atoms with E-state index in [2.05, 4.69) is 35.8 Å². The topological polar surface area (TPSA) is 45.9 Å². The molecule has 4 rings (SSSR count). The van der Waals surface area contributed by atoms with Gasteiger partial charge >= 0.3 is 0 Å². The number of anilines is 1. The number of rotatable bonds is 5. The second-order valence-corrected chi connectivity index (χ2v) is 8.08. The number of piperidine rings is 1. The molecule has 6 nitrogen and oxygen atoms in total. The zero-order chi connectivity index (χ0) is 17.2. The van der Waals surface area contributed by atoms with Crippen molar-refractivity contribution >= 4 is 38.9 Å². The van der Waals surface area contributed by atoms with Crippen LogP contribution in [0, 0.1) is 0 Å². The Hall–Kier alpha value is -0.890. The smallest absolute Gasteiger partial charge is 0.243 e. The minimum atomic E-state index is 0.261. The summed E-state index contributed by atoms with van der Waals surface area (Å²) in [5.74, 6) is 0.882. The molecule has 2 fully saturated rings. The molecule has 4 heterocycles. The van der Waals surface area contributed by atoms with Crippen LogP contribution in [-0.4, -0.2) is 64.9 Å². The van der Waals surface area contributed by atoms with E-state index < -0.39 is 0 Å². The first-order valence-corrected chi connectivity index (χ1v) is 10.2. The molecule has 136 valence electrons. The zero-order valence-electron chi connectivity index (χ0n) is 14.2. The minimum absolute atomic E-state index is 0.261. The van der Waals surface area contributed by atoms with Gasteiger partial charge in [-0.1, -0.05) is 6.42 Å². The van der Waals surface area contributed by atoms with Crippen LogP contribution < -0.4 is 4.90 Å². The minimum Gasteiger partial charge on any atom is -0.375 e. The lowest BCUT2D eigenvalue weighted by molar-refractivity contribution is 0.0467. The maximum atomic E-state index is 6.13. The zero-order valence-corrected chi connectivity index (χ0v) is 16.5. The largest absolute Gasteiger partial charge is 0.375 e. The van der Waals surface area contributed by atoms with Gasteiger partial charge in [-0.05, 0) is 65.9 Å². The molecule has 2 aromatic heterocycles. The average Bonchev–Trinajstić information content (AvgIpc) is 3.21. The maximum Gasteiger partial charge on any atom is 0.243 e. The van der Waals surface area contributed by atoms with Gasteiger partial charge in [0.05, 0.1) is 12.7 Å². The Morgan fingerprint density at radius 3 is 2.92 bits per heavy atom. The molecule has 1 atom stereocenters. The molecule has 2 aromatic rings. The van der Waals surface area contributed by atoms with E-state index in [0.717, 1.165) is 48.5 Å². The first-order valence-electron chi connectivity index (χ1n) is 8.99. The van der Waals surface area contributed by atoms with Crippen molar-refractivity contribution in [2.24, 2.45) is 0 Å². The highest BCUT2D eigenvalue weighted by Gasteiger charge is 2.26. The highest BCUT2D eigenvalue weighted by Crippen LogP contribution is 2.28. The van der Waals surface area contributed by atoms with E-state index in [9.17, 15) is 0 Å². The lowest BCUT2D eigenvalue weighted by Crippen LogP contribution is -2.34. The van der Waals surface area contributed by atoms with Crippen LogP contribution in [0.1, 0.15) is 25.7 Å². The Balaban J connectivity index is 1.36. The number of fused-ring (bicyclic) bond motifs is 1. The third kappa shape index (κ3) is 4.10. The fourth-order valence-electron chi connectivity index (χ4n) is 3.75. The third-order valence-electron chi connectivity index (χ3n) is 5.04. The Morgan fingerprint density at radius 2 is 2.08 bits per heavy atom. The lowest BCUT2D eigenvalue weighted by atomic mass is 10.1. The van der Waals surface area contributed by atoms with Gasteiger partial charge in [-0.25, -0.2) is 4.52 Å². The number of likely N-dealkylation sites (tertiary alicyclic amines) is 1. The molecule has 0 radical (unpaired) electrons. The molecule has 0 amide bonds. The van der Waals surface area contributed by atoms with E-state index in [1.807, 2.05) is 12.3 Å². The van der Waals surface area contributed by atoms with Crippen molar-refractivity contribution in [2.45, 2.75) is 31.8 Å². The average molecular weight is 429 g/mol. The molecule has 25 heavy (non-hydrogen) atoms. The molecule has 2 saturated heterocycles. The molecule has 0 aromatic carbocycles. The van der Waals surface area contributed by atoms with Crippen molar-refractivity contribution in [1.29, 1.82) is 0 Å². The lowest BCUT2D eigenvalue weighted by Gasteiger charge is -2.26. The van der Waals surface area contributed by atoms with Crippen molar-refractivity contribution < 1.29 is 4.74 Å². The van der Waals surface area contributed by atoms with Gasteiger partial charge in [0.15, 0.2) is 5.82 Å². The molecular formula is C17H23BrClN5O. The number of ether oxygens (including phenoxy) is 1. The Morgan fingerprint density at radius 1 is 1.24 bits per heavy atom. The first-order chi connectivity index (χ1) is 12.2. The van der Waals surface area contributed by atoms with Crippen molar-refractivity contribution in [2.75, 3.05) is 44.2 Å². The van der Waals surface area contributed by atoms with Gasteiger partial charge in [-0.15, -0.1) is 5.10 Å². The molecule has 2 aliphatic rings. The number of hydrogen-bond acceptors (Lipinski definition) is 5. The van der Waals surface area contributed by atoms with Gasteiger partial charge in [-0.3, -0.25) is 0 Å². The summed E-state index contributed by atoms with van der Waals surface area (Å²) in [6, 6.07) is 2.02. The molecule has 1 unspecified atom stereocenters. The van der Waals surface area contributed by atoms with Gasteiger partial charge in [0.2, 0.25) is 5.28 Å². The second kappa shape index (κ2) is 7.78. The first kappa shape index (κ1) is 17.5. The molecule has 0 N–H and O–H groups in total. The van der Waals surface area contributed by atoms with E-state index in [1.165, 1.54) is 32.4 Å². The molecule has 0 saturated carbocycles. The third-order valence-corrected chi connectivity index (χ3v) is 5.63. The second-order valence-electron chi connectivity index (χ2n) is 6.82. The summed E-state index contributed by atoms with van der Waals surface area (Å²) < 4.78 is 8.88. The monoisotopic (exact) mass is 427 g/mol. The van der Waals surface area contributed by atoms with Crippen LogP contribution in [0.4, 0.5) is 5.82 Å². The SMILES string of the molecule is Clc1nc(N2CCC(OCCN3CCCCC3)C2)c2cc(Br)cn2n1. The van der Waals surface area contributed by atoms with Crippen molar-refractivity contribution in [3.8, 4) is 0 Å². The van der Waals surface area contributed by atoms with E-state index in [4.69, 9.17) is 16.3 Å². The molecule has 0 bridgehead atoms. The Labute approximate surface area is 161 Å². The number of aromatic nitrogens is 3. The highest BCUT2D eigenvalue weighted by atomic mass is 79.9. The van der Waals surface area contributed by atoms with Gasteiger partial charge in [0, 0.05) is 30.3 Å². The Kier molecular flexibility index (Phi) is 5.45. The van der Waals surface area contributed by atoms with E-state index >= 15 is 0 Å². The van der Waals surface area contributed by atoms with Gasteiger partial charge < -0.3 is 14.5 Å². The van der Waals surface area contributed by atoms with Crippen molar-refractivity contribution in [1.82, 2.24) is 19.5 Å². The summed E-state index contributed by atoms with van der Waals surface area (Å²) in [6.07, 6.45) is 7.21. The van der Waals surface area contributed by atoms with Gasteiger partial charge in [0.25, 0.3) is 0 Å². The number of hydrogen-bond donors (Lipinski definition) is 0. The number of halogens is 2. The van der Waals surface area contributed by atoms with Crippen molar-refractivity contribution in [3.63, 3.8) is 0 Å². The van der Waals surface area contributed by atoms with E-state index in [1.54, 1.807) is 4.52 Å². The predicted molar refractivity (Wildman–Crippen MR) is 103 cm³/mol. The van der Waals surface area contributed by atoms with Crippen molar-refractivity contribution in [3.05, 3.63) is 22.0 Å².